The van der Waals surface area contributed by atoms with E-state index in [-0.39, 0.29) is 30.6 Å². The van der Waals surface area contributed by atoms with Crippen molar-refractivity contribution in [2.24, 2.45) is 0 Å². The van der Waals surface area contributed by atoms with Crippen molar-refractivity contribution in [3.05, 3.63) is 40.0 Å². The maximum Gasteiger partial charge on any atom is 0.341 e. The van der Waals surface area contributed by atoms with Gasteiger partial charge in [-0.05, 0) is 38.0 Å². The fraction of sp³-hybridized carbons (Fsp3) is 0.312. The smallest absolute Gasteiger partial charge is 0.341 e. The summed E-state index contributed by atoms with van der Waals surface area (Å²) in [6, 6.07) is 3.14. The van der Waals surface area contributed by atoms with Gasteiger partial charge in [0.1, 0.15) is 10.7 Å². The maximum atomic E-state index is 12.3. The number of halogens is 1. The number of ether oxygens (including phenoxy) is 1. The van der Waals surface area contributed by atoms with Gasteiger partial charge in [0.25, 0.3) is 5.91 Å². The monoisotopic (exact) mass is 369 g/mol. The number of amides is 1. The van der Waals surface area contributed by atoms with Crippen LogP contribution in [0, 0.1) is 6.92 Å². The third-order valence-corrected chi connectivity index (χ3v) is 4.35. The number of thiophene rings is 1. The number of hydrogen-bond acceptors (Lipinski definition) is 6. The number of hydrogen-bond donors (Lipinski definition) is 2. The number of nitrogen functional groups attached to an aromatic ring is 1. The van der Waals surface area contributed by atoms with Crippen molar-refractivity contribution in [3.63, 3.8) is 0 Å². The Morgan fingerprint density at radius 2 is 2.04 bits per heavy atom. The first kappa shape index (κ1) is 19.9. The summed E-state index contributed by atoms with van der Waals surface area (Å²) in [7, 11) is 0. The van der Waals surface area contributed by atoms with Gasteiger partial charge in [-0.25, -0.2) is 9.78 Å². The lowest BCUT2D eigenvalue weighted by atomic mass is 10.1. The average Bonchev–Trinajstić information content (AvgIpc) is 2.83. The molecule has 0 spiro atoms. The Balaban J connectivity index is 0.00000288. The topological polar surface area (TPSA) is 94.3 Å². The molecule has 2 rings (SSSR count). The van der Waals surface area contributed by atoms with Gasteiger partial charge in [0.05, 0.1) is 24.1 Å². The summed E-state index contributed by atoms with van der Waals surface area (Å²) in [4.78, 5) is 29.5. The molecular formula is C16H20ClN3O3S. The predicted octanol–water partition coefficient (Wildman–Crippen LogP) is 3.45. The van der Waals surface area contributed by atoms with E-state index in [1.165, 1.54) is 23.6 Å². The molecule has 24 heavy (non-hydrogen) atoms. The molecule has 2 heterocycles. The molecular weight excluding hydrogens is 350 g/mol. The van der Waals surface area contributed by atoms with Crippen LogP contribution >= 0.6 is 23.7 Å². The molecule has 0 saturated carbocycles. The van der Waals surface area contributed by atoms with Crippen molar-refractivity contribution in [2.75, 3.05) is 17.7 Å². The van der Waals surface area contributed by atoms with Crippen LogP contribution in [0.4, 0.5) is 10.7 Å². The summed E-state index contributed by atoms with van der Waals surface area (Å²) in [6.45, 7) is 5.91. The van der Waals surface area contributed by atoms with Gasteiger partial charge in [-0.2, -0.15) is 0 Å². The van der Waals surface area contributed by atoms with Gasteiger partial charge in [0.15, 0.2) is 0 Å². The molecule has 0 saturated heterocycles. The molecule has 1 amide bonds. The lowest BCUT2D eigenvalue weighted by Crippen LogP contribution is -2.16. The van der Waals surface area contributed by atoms with Crippen molar-refractivity contribution in [2.45, 2.75) is 27.2 Å². The number of anilines is 2. The zero-order chi connectivity index (χ0) is 17.0. The van der Waals surface area contributed by atoms with Gasteiger partial charge < -0.3 is 15.8 Å². The lowest BCUT2D eigenvalue weighted by Gasteiger charge is -2.07. The fourth-order valence-corrected chi connectivity index (χ4v) is 3.35. The van der Waals surface area contributed by atoms with Crippen LogP contribution in [0.2, 0.25) is 0 Å². The molecule has 0 unspecified atom stereocenters. The highest BCUT2D eigenvalue weighted by Crippen LogP contribution is 2.34. The van der Waals surface area contributed by atoms with Crippen LogP contribution in [0.25, 0.3) is 0 Å². The van der Waals surface area contributed by atoms with E-state index in [9.17, 15) is 9.59 Å². The summed E-state index contributed by atoms with van der Waals surface area (Å²) in [5, 5.41) is 3.24. The van der Waals surface area contributed by atoms with Crippen LogP contribution in [0.5, 0.6) is 0 Å². The van der Waals surface area contributed by atoms with Crippen molar-refractivity contribution >= 4 is 46.3 Å². The Morgan fingerprint density at radius 1 is 1.33 bits per heavy atom. The van der Waals surface area contributed by atoms with Crippen molar-refractivity contribution in [3.8, 4) is 0 Å². The van der Waals surface area contributed by atoms with Crippen LogP contribution in [-0.4, -0.2) is 23.5 Å². The van der Waals surface area contributed by atoms with E-state index in [2.05, 4.69) is 10.3 Å². The van der Waals surface area contributed by atoms with Crippen molar-refractivity contribution in [1.82, 2.24) is 4.98 Å². The summed E-state index contributed by atoms with van der Waals surface area (Å²) in [5.41, 5.74) is 7.61. The number of carbonyl (C=O) groups excluding carboxylic acids is 2. The van der Waals surface area contributed by atoms with E-state index in [1.54, 1.807) is 13.0 Å². The summed E-state index contributed by atoms with van der Waals surface area (Å²) in [6.07, 6.45) is 2.10. The zero-order valence-electron chi connectivity index (χ0n) is 13.7. The molecule has 0 atom stereocenters. The predicted molar refractivity (Wildman–Crippen MR) is 98.2 cm³/mol. The molecule has 2 aromatic heterocycles. The molecule has 2 aromatic rings. The minimum Gasteiger partial charge on any atom is -0.462 e. The van der Waals surface area contributed by atoms with Crippen molar-refractivity contribution < 1.29 is 14.3 Å². The number of aromatic nitrogens is 1. The molecule has 0 bridgehead atoms. The number of aryl methyl sites for hydroxylation is 1. The third-order valence-electron chi connectivity index (χ3n) is 3.29. The first-order chi connectivity index (χ1) is 11.0. The van der Waals surface area contributed by atoms with E-state index in [0.29, 0.717) is 22.7 Å². The van der Waals surface area contributed by atoms with Gasteiger partial charge in [0.2, 0.25) is 0 Å². The molecule has 130 valence electrons. The molecule has 8 heteroatoms. The Morgan fingerprint density at radius 3 is 2.58 bits per heavy atom. The number of pyridine rings is 1. The second-order valence-electron chi connectivity index (χ2n) is 4.85. The summed E-state index contributed by atoms with van der Waals surface area (Å²) >= 11 is 1.36. The molecule has 0 aromatic carbocycles. The van der Waals surface area contributed by atoms with E-state index >= 15 is 0 Å². The molecule has 0 aliphatic rings. The number of nitrogens with zero attached hydrogens (tertiary/aromatic N) is 1. The second-order valence-corrected chi connectivity index (χ2v) is 6.07. The maximum absolute atomic E-state index is 12.3. The first-order valence-electron chi connectivity index (χ1n) is 7.30. The first-order valence-corrected chi connectivity index (χ1v) is 8.11. The molecule has 0 aliphatic heterocycles. The number of nitrogens with two attached hydrogens (primary N) is 1. The second kappa shape index (κ2) is 8.65. The third kappa shape index (κ3) is 4.24. The Hall–Kier alpha value is -2.12. The van der Waals surface area contributed by atoms with Crippen LogP contribution in [0.1, 0.15) is 45.1 Å². The number of esters is 1. The van der Waals surface area contributed by atoms with Crippen LogP contribution in [-0.2, 0) is 11.2 Å². The highest BCUT2D eigenvalue weighted by atomic mass is 35.5. The summed E-state index contributed by atoms with van der Waals surface area (Å²) in [5.74, 6) is -0.811. The fourth-order valence-electron chi connectivity index (χ4n) is 2.22. The zero-order valence-corrected chi connectivity index (χ0v) is 15.3. The minimum absolute atomic E-state index is 0. The highest BCUT2D eigenvalue weighted by molar-refractivity contribution is 7.16. The quantitative estimate of drug-likeness (QED) is 0.787. The number of carbonyl (C=O) groups is 2. The molecule has 0 aliphatic carbocycles. The van der Waals surface area contributed by atoms with E-state index in [4.69, 9.17) is 10.5 Å². The highest BCUT2D eigenvalue weighted by Gasteiger charge is 2.23. The molecule has 0 fully saturated rings. The average molecular weight is 370 g/mol. The molecule has 3 N–H and O–H groups in total. The Kier molecular flexibility index (Phi) is 7.18. The van der Waals surface area contributed by atoms with E-state index in [0.717, 1.165) is 10.4 Å². The summed E-state index contributed by atoms with van der Waals surface area (Å²) < 4.78 is 5.11. The Labute approximate surface area is 150 Å². The SMILES string of the molecule is CCOC(=O)c1c(NC(=O)c2ccc(N)cn2)sc(C)c1CC.Cl. The van der Waals surface area contributed by atoms with Gasteiger partial charge in [-0.3, -0.25) is 4.79 Å². The van der Waals surface area contributed by atoms with Crippen molar-refractivity contribution in [1.29, 1.82) is 0 Å². The Bertz CT molecular complexity index is 729. The standard InChI is InChI=1S/C16H19N3O3S.ClH/c1-4-11-9(3)23-15(13(11)16(21)22-5-2)19-14(20)12-7-6-10(17)8-18-12;/h6-8H,4-5,17H2,1-3H3,(H,19,20);1H. The lowest BCUT2D eigenvalue weighted by molar-refractivity contribution is 0.0527. The van der Waals surface area contributed by atoms with E-state index < -0.39 is 5.97 Å². The van der Waals surface area contributed by atoms with Gasteiger partial charge in [0, 0.05) is 4.88 Å². The largest absolute Gasteiger partial charge is 0.462 e. The van der Waals surface area contributed by atoms with Gasteiger partial charge in [-0.1, -0.05) is 6.92 Å². The normalized spacial score (nSPS) is 9.96. The number of rotatable bonds is 5. The van der Waals surface area contributed by atoms with Crippen LogP contribution < -0.4 is 11.1 Å². The minimum atomic E-state index is -0.422. The van der Waals surface area contributed by atoms with Crippen LogP contribution in [0.15, 0.2) is 18.3 Å². The van der Waals surface area contributed by atoms with E-state index in [1.807, 2.05) is 13.8 Å². The molecule has 0 radical (unpaired) electrons. The van der Waals surface area contributed by atoms with Gasteiger partial charge >= 0.3 is 5.97 Å². The number of nitrogens with one attached hydrogen (secondary N) is 1. The van der Waals surface area contributed by atoms with Crippen LogP contribution in [0.3, 0.4) is 0 Å². The van der Waals surface area contributed by atoms with Gasteiger partial charge in [-0.15, -0.1) is 23.7 Å². The molecule has 6 nitrogen and oxygen atoms in total.